The van der Waals surface area contributed by atoms with Crippen molar-refractivity contribution in [3.05, 3.63) is 42.0 Å². The first-order valence-electron chi connectivity index (χ1n) is 8.87. The maximum atomic E-state index is 12.6. The smallest absolute Gasteiger partial charge is 0.255 e. The van der Waals surface area contributed by atoms with E-state index in [4.69, 9.17) is 14.5 Å². The Balaban J connectivity index is 1.54. The molecule has 2 aromatic carbocycles. The molecule has 1 amide bonds. The summed E-state index contributed by atoms with van der Waals surface area (Å²) < 4.78 is 11.6. The van der Waals surface area contributed by atoms with Crippen molar-refractivity contribution in [3.8, 4) is 11.5 Å². The number of hydrogen-bond acceptors (Lipinski definition) is 6. The van der Waals surface area contributed by atoms with Crippen LogP contribution in [0.15, 0.2) is 36.4 Å². The quantitative estimate of drug-likeness (QED) is 0.717. The average molecular weight is 383 g/mol. The number of aromatic nitrogens is 1. The van der Waals surface area contributed by atoms with Gasteiger partial charge in [0.2, 0.25) is 0 Å². The Morgan fingerprint density at radius 3 is 2.59 bits per heavy atom. The third-order valence-electron chi connectivity index (χ3n) is 4.66. The molecule has 0 bridgehead atoms. The zero-order chi connectivity index (χ0) is 18.8. The number of nitrogens with zero attached hydrogens (tertiary/aromatic N) is 2. The highest BCUT2D eigenvalue weighted by atomic mass is 32.1. The molecule has 0 saturated carbocycles. The molecule has 27 heavy (non-hydrogen) atoms. The molecule has 2 heterocycles. The lowest BCUT2D eigenvalue weighted by Crippen LogP contribution is -2.16. The van der Waals surface area contributed by atoms with Crippen molar-refractivity contribution >= 4 is 38.3 Å². The topological polar surface area (TPSA) is 63.7 Å². The standard InChI is InChI=1S/C20H21N3O3S/c1-25-16-8-5-13(11-17(16)26-2)19(24)21-14-6-7-15-18(12-14)27-20(22-15)23-9-3-4-10-23/h5-8,11-12H,3-4,9-10H2,1-2H3,(H,21,24). The molecule has 1 aliphatic heterocycles. The molecule has 140 valence electrons. The van der Waals surface area contributed by atoms with Crippen LogP contribution >= 0.6 is 11.3 Å². The lowest BCUT2D eigenvalue weighted by atomic mass is 10.2. The van der Waals surface area contributed by atoms with Gasteiger partial charge >= 0.3 is 0 Å². The minimum absolute atomic E-state index is 0.195. The first-order valence-corrected chi connectivity index (χ1v) is 9.68. The van der Waals surface area contributed by atoms with Crippen LogP contribution in [-0.4, -0.2) is 38.2 Å². The van der Waals surface area contributed by atoms with Crippen molar-refractivity contribution in [1.29, 1.82) is 0 Å². The monoisotopic (exact) mass is 383 g/mol. The van der Waals surface area contributed by atoms with Crippen molar-refractivity contribution < 1.29 is 14.3 Å². The van der Waals surface area contributed by atoms with Crippen molar-refractivity contribution in [2.75, 3.05) is 37.5 Å². The number of hydrogen-bond donors (Lipinski definition) is 1. The fourth-order valence-corrected chi connectivity index (χ4v) is 4.27. The molecule has 1 aliphatic rings. The lowest BCUT2D eigenvalue weighted by Gasteiger charge is -2.11. The van der Waals surface area contributed by atoms with E-state index in [1.165, 1.54) is 12.8 Å². The molecule has 0 radical (unpaired) electrons. The summed E-state index contributed by atoms with van der Waals surface area (Å²) in [6, 6.07) is 10.9. The summed E-state index contributed by atoms with van der Waals surface area (Å²) in [5.74, 6) is 0.924. The minimum atomic E-state index is -0.195. The molecule has 1 fully saturated rings. The van der Waals surface area contributed by atoms with Crippen LogP contribution in [-0.2, 0) is 0 Å². The first kappa shape index (κ1) is 17.6. The van der Waals surface area contributed by atoms with Gasteiger partial charge < -0.3 is 19.7 Å². The van der Waals surface area contributed by atoms with Gasteiger partial charge in [-0.1, -0.05) is 11.3 Å². The van der Waals surface area contributed by atoms with E-state index in [1.807, 2.05) is 18.2 Å². The van der Waals surface area contributed by atoms with E-state index < -0.39 is 0 Å². The third kappa shape index (κ3) is 3.55. The number of thiazole rings is 1. The highest BCUT2D eigenvalue weighted by Crippen LogP contribution is 2.33. The van der Waals surface area contributed by atoms with Crippen LogP contribution in [0.4, 0.5) is 10.8 Å². The number of carbonyl (C=O) groups excluding carboxylic acids is 1. The van der Waals surface area contributed by atoms with Crippen molar-refractivity contribution in [1.82, 2.24) is 4.98 Å². The number of nitrogens with one attached hydrogen (secondary N) is 1. The summed E-state index contributed by atoms with van der Waals surface area (Å²) in [5.41, 5.74) is 2.22. The van der Waals surface area contributed by atoms with Crippen LogP contribution in [0, 0.1) is 0 Å². The highest BCUT2D eigenvalue weighted by Gasteiger charge is 2.17. The molecule has 6 nitrogen and oxygen atoms in total. The van der Waals surface area contributed by atoms with Crippen LogP contribution in [0.1, 0.15) is 23.2 Å². The summed E-state index contributed by atoms with van der Waals surface area (Å²) in [5, 5.41) is 4.01. The highest BCUT2D eigenvalue weighted by molar-refractivity contribution is 7.22. The maximum Gasteiger partial charge on any atom is 0.255 e. The van der Waals surface area contributed by atoms with Crippen LogP contribution in [0.3, 0.4) is 0 Å². The number of rotatable bonds is 5. The van der Waals surface area contributed by atoms with Crippen LogP contribution < -0.4 is 19.7 Å². The predicted octanol–water partition coefficient (Wildman–Crippen LogP) is 4.17. The van der Waals surface area contributed by atoms with E-state index >= 15 is 0 Å². The van der Waals surface area contributed by atoms with Crippen LogP contribution in [0.25, 0.3) is 10.2 Å². The van der Waals surface area contributed by atoms with Gasteiger partial charge in [-0.05, 0) is 49.2 Å². The Bertz CT molecular complexity index is 980. The molecule has 1 N–H and O–H groups in total. The Hall–Kier alpha value is -2.80. The van der Waals surface area contributed by atoms with E-state index in [9.17, 15) is 4.79 Å². The van der Waals surface area contributed by atoms with Gasteiger partial charge in [-0.2, -0.15) is 0 Å². The fourth-order valence-electron chi connectivity index (χ4n) is 3.21. The van der Waals surface area contributed by atoms with Gasteiger partial charge in [0.05, 0.1) is 24.4 Å². The largest absolute Gasteiger partial charge is 0.493 e. The number of carbonyl (C=O) groups is 1. The normalized spacial score (nSPS) is 13.8. The second-order valence-electron chi connectivity index (χ2n) is 6.40. The summed E-state index contributed by atoms with van der Waals surface area (Å²) in [6.07, 6.45) is 2.45. The number of ether oxygens (including phenoxy) is 2. The fraction of sp³-hybridized carbons (Fsp3) is 0.300. The van der Waals surface area contributed by atoms with Gasteiger partial charge in [0.15, 0.2) is 16.6 Å². The Morgan fingerprint density at radius 2 is 1.85 bits per heavy atom. The van der Waals surface area contributed by atoms with E-state index in [2.05, 4.69) is 10.2 Å². The molecular formula is C20H21N3O3S. The third-order valence-corrected chi connectivity index (χ3v) is 5.74. The average Bonchev–Trinajstić information content (AvgIpc) is 3.36. The van der Waals surface area contributed by atoms with Crippen molar-refractivity contribution in [2.24, 2.45) is 0 Å². The molecule has 1 aromatic heterocycles. The molecule has 0 aliphatic carbocycles. The number of methoxy groups -OCH3 is 2. The molecule has 7 heteroatoms. The summed E-state index contributed by atoms with van der Waals surface area (Å²) >= 11 is 1.67. The van der Waals surface area contributed by atoms with E-state index in [0.29, 0.717) is 17.1 Å². The van der Waals surface area contributed by atoms with Gasteiger partial charge in [-0.3, -0.25) is 4.79 Å². The zero-order valence-electron chi connectivity index (χ0n) is 15.3. The number of fused-ring (bicyclic) bond motifs is 1. The zero-order valence-corrected chi connectivity index (χ0v) is 16.1. The SMILES string of the molecule is COc1ccc(C(=O)Nc2ccc3nc(N4CCCC4)sc3c2)cc1OC. The van der Waals surface area contributed by atoms with Gasteiger partial charge in [-0.25, -0.2) is 4.98 Å². The Morgan fingerprint density at radius 1 is 1.07 bits per heavy atom. The van der Waals surface area contributed by atoms with Crippen LogP contribution in [0.2, 0.25) is 0 Å². The summed E-state index contributed by atoms with van der Waals surface area (Å²) in [6.45, 7) is 2.14. The Kier molecular flexibility index (Phi) is 4.85. The van der Waals surface area contributed by atoms with Gasteiger partial charge in [0.25, 0.3) is 5.91 Å². The second kappa shape index (κ2) is 7.44. The van der Waals surface area contributed by atoms with Crippen LogP contribution in [0.5, 0.6) is 11.5 Å². The van der Waals surface area contributed by atoms with Crippen molar-refractivity contribution in [2.45, 2.75) is 12.8 Å². The van der Waals surface area contributed by atoms with Gasteiger partial charge in [0.1, 0.15) is 0 Å². The number of anilines is 2. The lowest BCUT2D eigenvalue weighted by molar-refractivity contribution is 0.102. The molecule has 0 atom stereocenters. The molecule has 4 rings (SSSR count). The molecule has 3 aromatic rings. The van der Waals surface area contributed by atoms with Gasteiger partial charge in [0, 0.05) is 24.3 Å². The first-order chi connectivity index (χ1) is 13.2. The van der Waals surface area contributed by atoms with E-state index in [0.717, 1.165) is 34.1 Å². The Labute approximate surface area is 161 Å². The predicted molar refractivity (Wildman–Crippen MR) is 109 cm³/mol. The molecule has 0 spiro atoms. The molecule has 1 saturated heterocycles. The second-order valence-corrected chi connectivity index (χ2v) is 7.41. The summed E-state index contributed by atoms with van der Waals surface area (Å²) in [7, 11) is 3.12. The van der Waals surface area contributed by atoms with E-state index in [1.54, 1.807) is 43.8 Å². The van der Waals surface area contributed by atoms with Crippen molar-refractivity contribution in [3.63, 3.8) is 0 Å². The molecular weight excluding hydrogens is 362 g/mol. The summed E-state index contributed by atoms with van der Waals surface area (Å²) in [4.78, 5) is 19.6. The van der Waals surface area contributed by atoms with E-state index in [-0.39, 0.29) is 5.91 Å². The van der Waals surface area contributed by atoms with Gasteiger partial charge in [-0.15, -0.1) is 0 Å². The maximum absolute atomic E-state index is 12.6. The minimum Gasteiger partial charge on any atom is -0.493 e. The molecule has 0 unspecified atom stereocenters. The number of benzene rings is 2. The number of amides is 1.